The molecular formula is C12H27NSi. The van der Waals surface area contributed by atoms with Gasteiger partial charge in [0, 0.05) is 0 Å². The lowest BCUT2D eigenvalue weighted by Gasteiger charge is -2.35. The molecule has 0 amide bonds. The number of rotatable bonds is 2. The van der Waals surface area contributed by atoms with Crippen LogP contribution in [0.4, 0.5) is 0 Å². The van der Waals surface area contributed by atoms with Gasteiger partial charge >= 0.3 is 0 Å². The highest BCUT2D eigenvalue weighted by Gasteiger charge is 2.48. The topological polar surface area (TPSA) is 12.0 Å². The molecule has 1 nitrogen and oxygen atoms in total. The summed E-state index contributed by atoms with van der Waals surface area (Å²) in [5.74, 6) is 3.59. The fraction of sp³-hybridized carbons (Fsp3) is 1.00. The molecule has 0 heterocycles. The van der Waals surface area contributed by atoms with Crippen LogP contribution < -0.4 is 4.98 Å². The highest BCUT2D eigenvalue weighted by atomic mass is 28.3. The van der Waals surface area contributed by atoms with Crippen molar-refractivity contribution in [1.29, 1.82) is 0 Å². The molecule has 1 N–H and O–H groups in total. The molecule has 1 fully saturated rings. The van der Waals surface area contributed by atoms with Gasteiger partial charge in [0.25, 0.3) is 0 Å². The molecule has 4 atom stereocenters. The lowest BCUT2D eigenvalue weighted by Crippen LogP contribution is -2.49. The van der Waals surface area contributed by atoms with Crippen LogP contribution in [0.5, 0.6) is 0 Å². The Labute approximate surface area is 90.8 Å². The van der Waals surface area contributed by atoms with Crippen LogP contribution in [0.25, 0.3) is 0 Å². The van der Waals surface area contributed by atoms with Gasteiger partial charge in [0.05, 0.1) is 0 Å². The van der Waals surface area contributed by atoms with Crippen LogP contribution in [0.1, 0.15) is 27.7 Å². The van der Waals surface area contributed by atoms with Crippen molar-refractivity contribution in [2.45, 2.75) is 46.3 Å². The summed E-state index contributed by atoms with van der Waals surface area (Å²) in [4.78, 5) is 3.62. The van der Waals surface area contributed by atoms with E-state index in [9.17, 15) is 0 Å². The summed E-state index contributed by atoms with van der Waals surface area (Å²) in [6, 6.07) is 0. The Bertz CT molecular complexity index is 188. The van der Waals surface area contributed by atoms with Gasteiger partial charge in [-0.05, 0) is 36.3 Å². The van der Waals surface area contributed by atoms with E-state index in [1.165, 1.54) is 0 Å². The van der Waals surface area contributed by atoms with Crippen molar-refractivity contribution in [3.05, 3.63) is 0 Å². The molecule has 84 valence electrons. The van der Waals surface area contributed by atoms with Crippen LogP contribution in [-0.2, 0) is 0 Å². The standard InChI is InChI=1S/C12H27NSi/c1-8-9(2)11(4)12(10(8)3)14(6,7)13-5/h8-13H,1-7H3. The largest absolute Gasteiger partial charge is 0.340 e. The maximum Gasteiger partial charge on any atom is 0.122 e. The summed E-state index contributed by atoms with van der Waals surface area (Å²) < 4.78 is 0. The Morgan fingerprint density at radius 3 is 1.43 bits per heavy atom. The van der Waals surface area contributed by atoms with Gasteiger partial charge < -0.3 is 4.98 Å². The molecule has 0 radical (unpaired) electrons. The first-order valence-corrected chi connectivity index (χ1v) is 9.09. The van der Waals surface area contributed by atoms with Gasteiger partial charge in [0.15, 0.2) is 0 Å². The number of hydrogen-bond acceptors (Lipinski definition) is 1. The van der Waals surface area contributed by atoms with Gasteiger partial charge in [0.1, 0.15) is 8.24 Å². The van der Waals surface area contributed by atoms with Gasteiger partial charge in [-0.25, -0.2) is 0 Å². The third-order valence-electron chi connectivity index (χ3n) is 5.10. The van der Waals surface area contributed by atoms with Crippen LogP contribution in [0, 0.1) is 23.7 Å². The average molecular weight is 213 g/mol. The van der Waals surface area contributed by atoms with Crippen LogP contribution in [0.2, 0.25) is 18.6 Å². The van der Waals surface area contributed by atoms with E-state index in [1.807, 2.05) is 0 Å². The molecule has 0 aliphatic heterocycles. The van der Waals surface area contributed by atoms with Crippen molar-refractivity contribution in [3.8, 4) is 0 Å². The SMILES string of the molecule is CN[Si](C)(C)C1C(C)C(C)C(C)C1C. The predicted molar refractivity (Wildman–Crippen MR) is 66.9 cm³/mol. The van der Waals surface area contributed by atoms with Crippen LogP contribution in [0.15, 0.2) is 0 Å². The third-order valence-corrected chi connectivity index (χ3v) is 9.11. The zero-order valence-electron chi connectivity index (χ0n) is 10.9. The monoisotopic (exact) mass is 213 g/mol. The van der Waals surface area contributed by atoms with Crippen LogP contribution in [0.3, 0.4) is 0 Å². The van der Waals surface area contributed by atoms with Gasteiger partial charge in [-0.15, -0.1) is 0 Å². The van der Waals surface area contributed by atoms with Crippen LogP contribution >= 0.6 is 0 Å². The lowest BCUT2D eigenvalue weighted by atomic mass is 9.92. The van der Waals surface area contributed by atoms with E-state index in [0.717, 1.165) is 29.2 Å². The van der Waals surface area contributed by atoms with Crippen molar-refractivity contribution in [2.24, 2.45) is 23.7 Å². The molecule has 0 aromatic carbocycles. The van der Waals surface area contributed by atoms with Crippen molar-refractivity contribution in [2.75, 3.05) is 7.05 Å². The summed E-state index contributed by atoms with van der Waals surface area (Å²) >= 11 is 0. The van der Waals surface area contributed by atoms with Gasteiger partial charge in [-0.3, -0.25) is 0 Å². The van der Waals surface area contributed by atoms with Gasteiger partial charge in [-0.1, -0.05) is 40.8 Å². The van der Waals surface area contributed by atoms with Gasteiger partial charge in [0.2, 0.25) is 0 Å². The molecule has 0 aromatic heterocycles. The molecule has 0 bridgehead atoms. The fourth-order valence-corrected chi connectivity index (χ4v) is 7.14. The Balaban J connectivity index is 2.89. The Morgan fingerprint density at radius 1 is 0.786 bits per heavy atom. The van der Waals surface area contributed by atoms with E-state index < -0.39 is 8.24 Å². The minimum Gasteiger partial charge on any atom is -0.340 e. The number of hydrogen-bond donors (Lipinski definition) is 1. The van der Waals surface area contributed by atoms with E-state index in [4.69, 9.17) is 0 Å². The summed E-state index contributed by atoms with van der Waals surface area (Å²) in [6.07, 6.45) is 0. The summed E-state index contributed by atoms with van der Waals surface area (Å²) in [5, 5.41) is 0. The van der Waals surface area contributed by atoms with Gasteiger partial charge in [-0.2, -0.15) is 0 Å². The van der Waals surface area contributed by atoms with E-state index in [-0.39, 0.29) is 0 Å². The quantitative estimate of drug-likeness (QED) is 0.694. The minimum absolute atomic E-state index is 0.897. The lowest BCUT2D eigenvalue weighted by molar-refractivity contribution is 0.352. The zero-order valence-corrected chi connectivity index (χ0v) is 11.9. The van der Waals surface area contributed by atoms with Crippen molar-refractivity contribution >= 4 is 8.24 Å². The molecule has 1 saturated carbocycles. The second-order valence-electron chi connectivity index (χ2n) is 5.93. The third kappa shape index (κ3) is 1.79. The number of nitrogens with one attached hydrogen (secondary N) is 1. The first-order valence-electron chi connectivity index (χ1n) is 6.01. The molecule has 4 unspecified atom stereocenters. The molecule has 1 aliphatic rings. The highest BCUT2D eigenvalue weighted by Crippen LogP contribution is 2.52. The minimum atomic E-state index is -1.20. The fourth-order valence-electron chi connectivity index (χ4n) is 3.57. The second-order valence-corrected chi connectivity index (χ2v) is 10.5. The van der Waals surface area contributed by atoms with E-state index >= 15 is 0 Å². The molecule has 2 heteroatoms. The maximum absolute atomic E-state index is 3.62. The molecule has 0 aromatic rings. The normalized spacial score (nSPS) is 44.4. The zero-order chi connectivity index (χ0) is 11.1. The Morgan fingerprint density at radius 2 is 1.14 bits per heavy atom. The van der Waals surface area contributed by atoms with Crippen molar-refractivity contribution in [3.63, 3.8) is 0 Å². The second kappa shape index (κ2) is 3.97. The predicted octanol–water partition coefficient (Wildman–Crippen LogP) is 3.34. The molecule has 0 saturated heterocycles. The van der Waals surface area contributed by atoms with E-state index in [1.54, 1.807) is 0 Å². The van der Waals surface area contributed by atoms with Crippen molar-refractivity contribution in [1.82, 2.24) is 4.98 Å². The first kappa shape index (κ1) is 12.2. The smallest absolute Gasteiger partial charge is 0.122 e. The van der Waals surface area contributed by atoms with Crippen LogP contribution in [-0.4, -0.2) is 15.3 Å². The Kier molecular flexibility index (Phi) is 3.48. The van der Waals surface area contributed by atoms with E-state index in [2.05, 4.69) is 52.8 Å². The highest BCUT2D eigenvalue weighted by molar-refractivity contribution is 6.76. The van der Waals surface area contributed by atoms with E-state index in [0.29, 0.717) is 0 Å². The average Bonchev–Trinajstić information content (AvgIpc) is 2.31. The molecule has 14 heavy (non-hydrogen) atoms. The molecular weight excluding hydrogens is 186 g/mol. The summed E-state index contributed by atoms with van der Waals surface area (Å²) in [5.41, 5.74) is 0.942. The maximum atomic E-state index is 3.62. The molecule has 1 rings (SSSR count). The first-order chi connectivity index (χ1) is 6.33. The molecule has 0 spiro atoms. The summed E-state index contributed by atoms with van der Waals surface area (Å²) in [7, 11) is 0.948. The summed E-state index contributed by atoms with van der Waals surface area (Å²) in [6.45, 7) is 14.8. The Hall–Kier alpha value is 0.177. The molecule has 1 aliphatic carbocycles. The van der Waals surface area contributed by atoms with Crippen molar-refractivity contribution < 1.29 is 0 Å².